The zero-order valence-electron chi connectivity index (χ0n) is 16.0. The summed E-state index contributed by atoms with van der Waals surface area (Å²) >= 11 is 0. The highest BCUT2D eigenvalue weighted by Gasteiger charge is 2.56. The predicted molar refractivity (Wildman–Crippen MR) is 93.5 cm³/mol. The van der Waals surface area contributed by atoms with Crippen LogP contribution in [-0.4, -0.2) is 71.0 Å². The molecule has 0 aliphatic carbocycles. The fourth-order valence-corrected chi connectivity index (χ4v) is 4.33. The van der Waals surface area contributed by atoms with Gasteiger partial charge in [-0.1, -0.05) is 6.08 Å². The van der Waals surface area contributed by atoms with Crippen LogP contribution in [0.5, 0.6) is 0 Å². The number of hydrogen-bond donors (Lipinski definition) is 1. The van der Waals surface area contributed by atoms with Crippen LogP contribution in [0.2, 0.25) is 0 Å². The molecule has 0 aromatic carbocycles. The number of carbonyl (C=O) groups is 3. The second kappa shape index (κ2) is 7.24. The summed E-state index contributed by atoms with van der Waals surface area (Å²) in [5.74, 6) is -1.80. The molecular weight excluding hydrogens is 354 g/mol. The van der Waals surface area contributed by atoms with Crippen molar-refractivity contribution in [3.63, 3.8) is 0 Å². The third kappa shape index (κ3) is 3.73. The Hall–Kier alpha value is -1.93. The molecule has 3 aliphatic heterocycles. The number of esters is 3. The summed E-state index contributed by atoms with van der Waals surface area (Å²) in [6, 6.07) is -0.410. The molecule has 8 heteroatoms. The van der Waals surface area contributed by atoms with Gasteiger partial charge in [-0.05, 0) is 33.1 Å². The SMILES string of the molecule is CC=C1CCC(C)(OC(C)=O)C(=O)OCC2(O)CCN3CCC(OC1=O)C32. The van der Waals surface area contributed by atoms with Crippen molar-refractivity contribution >= 4 is 17.9 Å². The van der Waals surface area contributed by atoms with E-state index in [2.05, 4.69) is 4.90 Å². The van der Waals surface area contributed by atoms with Gasteiger partial charge in [0.05, 0.1) is 6.04 Å². The van der Waals surface area contributed by atoms with Crippen molar-refractivity contribution in [2.45, 2.75) is 69.8 Å². The number of allylic oxidation sites excluding steroid dienone is 1. The van der Waals surface area contributed by atoms with E-state index in [0.29, 0.717) is 25.0 Å². The van der Waals surface area contributed by atoms with Gasteiger partial charge < -0.3 is 19.3 Å². The summed E-state index contributed by atoms with van der Waals surface area (Å²) in [4.78, 5) is 38.9. The molecule has 4 atom stereocenters. The summed E-state index contributed by atoms with van der Waals surface area (Å²) in [7, 11) is 0. The topological polar surface area (TPSA) is 102 Å². The van der Waals surface area contributed by atoms with Crippen LogP contribution in [0.1, 0.15) is 46.5 Å². The van der Waals surface area contributed by atoms with Crippen molar-refractivity contribution < 1.29 is 33.7 Å². The van der Waals surface area contributed by atoms with Crippen molar-refractivity contribution in [3.8, 4) is 0 Å². The first-order chi connectivity index (χ1) is 12.7. The minimum absolute atomic E-state index is 0.0822. The number of ether oxygens (including phenoxy) is 3. The highest BCUT2D eigenvalue weighted by atomic mass is 16.6. The van der Waals surface area contributed by atoms with Gasteiger partial charge in [-0.25, -0.2) is 9.59 Å². The summed E-state index contributed by atoms with van der Waals surface area (Å²) in [6.45, 7) is 5.53. The Balaban J connectivity index is 1.92. The Kier molecular flexibility index (Phi) is 5.31. The first kappa shape index (κ1) is 19.8. The summed E-state index contributed by atoms with van der Waals surface area (Å²) in [6.07, 6.45) is 2.53. The average Bonchev–Trinajstić information content (AvgIpc) is 3.14. The molecule has 0 saturated carbocycles. The van der Waals surface area contributed by atoms with Crippen LogP contribution in [0.3, 0.4) is 0 Å². The zero-order valence-corrected chi connectivity index (χ0v) is 16.0. The molecule has 150 valence electrons. The molecule has 3 rings (SSSR count). The standard InChI is InChI=1S/C19H27NO7/c1-4-13-5-7-18(3,27-12(2)21)17(23)25-11-19(24)8-10-20-9-6-14(15(19)20)26-16(13)22/h4,14-15,24H,5-11H2,1-3H3. The highest BCUT2D eigenvalue weighted by Crippen LogP contribution is 2.39. The van der Waals surface area contributed by atoms with Crippen molar-refractivity contribution in [1.29, 1.82) is 0 Å². The van der Waals surface area contributed by atoms with Crippen molar-refractivity contribution in [2.75, 3.05) is 19.7 Å². The lowest BCUT2D eigenvalue weighted by molar-refractivity contribution is -0.187. The number of rotatable bonds is 1. The molecule has 0 amide bonds. The normalized spacial score (nSPS) is 39.2. The van der Waals surface area contributed by atoms with E-state index in [1.54, 1.807) is 13.0 Å². The third-order valence-corrected chi connectivity index (χ3v) is 5.82. The van der Waals surface area contributed by atoms with E-state index in [4.69, 9.17) is 14.2 Å². The van der Waals surface area contributed by atoms with Crippen LogP contribution < -0.4 is 0 Å². The maximum atomic E-state index is 12.7. The van der Waals surface area contributed by atoms with E-state index < -0.39 is 41.3 Å². The van der Waals surface area contributed by atoms with E-state index in [1.807, 2.05) is 0 Å². The van der Waals surface area contributed by atoms with Gasteiger partial charge in [-0.15, -0.1) is 0 Å². The van der Waals surface area contributed by atoms with Gasteiger partial charge in [0, 0.05) is 32.0 Å². The van der Waals surface area contributed by atoms with Crippen LogP contribution in [0, 0.1) is 0 Å². The Labute approximate surface area is 158 Å². The average molecular weight is 381 g/mol. The number of aliphatic hydroxyl groups is 1. The van der Waals surface area contributed by atoms with Crippen molar-refractivity contribution in [2.24, 2.45) is 0 Å². The predicted octanol–water partition coefficient (Wildman–Crippen LogP) is 0.712. The first-order valence-electron chi connectivity index (χ1n) is 9.38. The van der Waals surface area contributed by atoms with E-state index >= 15 is 0 Å². The molecule has 4 unspecified atom stereocenters. The van der Waals surface area contributed by atoms with Crippen LogP contribution in [0.4, 0.5) is 0 Å². The van der Waals surface area contributed by atoms with E-state index in [0.717, 1.165) is 6.54 Å². The molecule has 0 aromatic rings. The molecular formula is C19H27NO7. The number of hydrogen-bond acceptors (Lipinski definition) is 8. The molecule has 3 aliphatic rings. The second-order valence-corrected chi connectivity index (χ2v) is 7.78. The van der Waals surface area contributed by atoms with Gasteiger partial charge >= 0.3 is 17.9 Å². The van der Waals surface area contributed by atoms with E-state index in [9.17, 15) is 19.5 Å². The molecule has 8 nitrogen and oxygen atoms in total. The smallest absolute Gasteiger partial charge is 0.350 e. The van der Waals surface area contributed by atoms with Gasteiger partial charge in [-0.2, -0.15) is 0 Å². The van der Waals surface area contributed by atoms with Crippen molar-refractivity contribution in [3.05, 3.63) is 11.6 Å². The fourth-order valence-electron chi connectivity index (χ4n) is 4.33. The molecule has 0 radical (unpaired) electrons. The third-order valence-electron chi connectivity index (χ3n) is 5.82. The van der Waals surface area contributed by atoms with Gasteiger partial charge in [0.15, 0.2) is 0 Å². The maximum absolute atomic E-state index is 12.7. The number of cyclic esters (lactones) is 1. The quantitative estimate of drug-likeness (QED) is 0.403. The molecule has 3 heterocycles. The summed E-state index contributed by atoms with van der Waals surface area (Å²) in [5.41, 5.74) is -2.44. The minimum Gasteiger partial charge on any atom is -0.460 e. The molecule has 0 bridgehead atoms. The monoisotopic (exact) mass is 381 g/mol. The maximum Gasteiger partial charge on any atom is 0.350 e. The second-order valence-electron chi connectivity index (χ2n) is 7.78. The Morgan fingerprint density at radius 2 is 2.07 bits per heavy atom. The molecule has 27 heavy (non-hydrogen) atoms. The Morgan fingerprint density at radius 3 is 2.74 bits per heavy atom. The largest absolute Gasteiger partial charge is 0.460 e. The van der Waals surface area contributed by atoms with Gasteiger partial charge in [0.2, 0.25) is 5.60 Å². The van der Waals surface area contributed by atoms with Crippen LogP contribution >= 0.6 is 0 Å². The van der Waals surface area contributed by atoms with Crippen molar-refractivity contribution in [1.82, 2.24) is 4.90 Å². The summed E-state index contributed by atoms with van der Waals surface area (Å²) in [5, 5.41) is 11.1. The number of carbonyl (C=O) groups excluding carboxylic acids is 3. The molecule has 3 saturated heterocycles. The van der Waals surface area contributed by atoms with E-state index in [1.165, 1.54) is 13.8 Å². The lowest BCUT2D eigenvalue weighted by Gasteiger charge is -2.35. The van der Waals surface area contributed by atoms with Gasteiger partial charge in [-0.3, -0.25) is 9.69 Å². The van der Waals surface area contributed by atoms with E-state index in [-0.39, 0.29) is 19.4 Å². The lowest BCUT2D eigenvalue weighted by Crippen LogP contribution is -2.53. The molecule has 3 fully saturated rings. The zero-order chi connectivity index (χ0) is 19.8. The highest BCUT2D eigenvalue weighted by molar-refractivity contribution is 5.89. The first-order valence-corrected chi connectivity index (χ1v) is 9.38. The van der Waals surface area contributed by atoms with Crippen LogP contribution in [0.15, 0.2) is 11.6 Å². The van der Waals surface area contributed by atoms with Gasteiger partial charge in [0.25, 0.3) is 0 Å². The fraction of sp³-hybridized carbons (Fsp3) is 0.737. The minimum atomic E-state index is -1.54. The Morgan fingerprint density at radius 1 is 1.33 bits per heavy atom. The molecule has 0 aromatic heterocycles. The number of nitrogens with zero attached hydrogens (tertiary/aromatic N) is 1. The molecule has 1 N–H and O–H groups in total. The van der Waals surface area contributed by atoms with Gasteiger partial charge in [0.1, 0.15) is 18.3 Å². The molecule has 0 spiro atoms. The summed E-state index contributed by atoms with van der Waals surface area (Å²) < 4.78 is 16.4. The van der Waals surface area contributed by atoms with Crippen LogP contribution in [0.25, 0.3) is 0 Å². The van der Waals surface area contributed by atoms with Crippen LogP contribution in [-0.2, 0) is 28.6 Å². The lowest BCUT2D eigenvalue weighted by atomic mass is 9.91. The Bertz CT molecular complexity index is 675.